The highest BCUT2D eigenvalue weighted by molar-refractivity contribution is 5.88. The van der Waals surface area contributed by atoms with E-state index in [0.717, 1.165) is 35.1 Å². The molecule has 2 amide bonds. The highest BCUT2D eigenvalue weighted by Gasteiger charge is 2.26. The Labute approximate surface area is 186 Å². The molecule has 168 valence electrons. The molecule has 0 aliphatic heterocycles. The molecule has 2 aromatic carbocycles. The number of aryl methyl sites for hydroxylation is 2. The molecule has 0 heterocycles. The van der Waals surface area contributed by atoms with Gasteiger partial charge in [-0.2, -0.15) is 0 Å². The number of amides is 2. The Kier molecular flexibility index (Phi) is 9.57. The van der Waals surface area contributed by atoms with Crippen LogP contribution in [0.5, 0.6) is 5.75 Å². The molecule has 0 unspecified atom stereocenters. The van der Waals surface area contributed by atoms with Gasteiger partial charge in [0.05, 0.1) is 0 Å². The second kappa shape index (κ2) is 12.1. The Morgan fingerprint density at radius 1 is 1.10 bits per heavy atom. The standard InChI is InChI=1S/C26H36N2O3/c1-6-7-14-27-26(30)22(5)28(15-13-23-11-9-8-10-12-23)25(29)18-31-24-17-19(2)16-20(3)21(24)4/h8-12,16-17,22H,6-7,13-15,18H2,1-5H3,(H,27,30)/t22-/m0/s1. The number of unbranched alkanes of at least 4 members (excludes halogenated alkanes) is 1. The Hall–Kier alpha value is -2.82. The van der Waals surface area contributed by atoms with E-state index in [1.807, 2.05) is 57.2 Å². The Morgan fingerprint density at radius 3 is 2.48 bits per heavy atom. The maximum absolute atomic E-state index is 13.1. The third-order valence-corrected chi connectivity index (χ3v) is 5.60. The monoisotopic (exact) mass is 424 g/mol. The summed E-state index contributed by atoms with van der Waals surface area (Å²) in [5.41, 5.74) is 4.38. The zero-order chi connectivity index (χ0) is 22.8. The molecule has 0 fully saturated rings. The number of nitrogens with one attached hydrogen (secondary N) is 1. The Balaban J connectivity index is 2.10. The molecule has 0 aliphatic rings. The first-order valence-corrected chi connectivity index (χ1v) is 11.1. The summed E-state index contributed by atoms with van der Waals surface area (Å²) in [6.07, 6.45) is 2.61. The molecule has 1 N–H and O–H groups in total. The van der Waals surface area contributed by atoms with E-state index in [9.17, 15) is 9.59 Å². The van der Waals surface area contributed by atoms with Crippen LogP contribution in [0.4, 0.5) is 0 Å². The van der Waals surface area contributed by atoms with Gasteiger partial charge in [0, 0.05) is 13.1 Å². The Bertz CT molecular complexity index is 864. The van der Waals surface area contributed by atoms with Crippen LogP contribution in [0, 0.1) is 20.8 Å². The first-order valence-electron chi connectivity index (χ1n) is 11.1. The lowest BCUT2D eigenvalue weighted by Crippen LogP contribution is -2.50. The summed E-state index contributed by atoms with van der Waals surface area (Å²) >= 11 is 0. The zero-order valence-corrected chi connectivity index (χ0v) is 19.5. The molecule has 0 saturated carbocycles. The predicted molar refractivity (Wildman–Crippen MR) is 125 cm³/mol. The maximum atomic E-state index is 13.1. The van der Waals surface area contributed by atoms with Crippen LogP contribution in [-0.4, -0.2) is 42.5 Å². The summed E-state index contributed by atoms with van der Waals surface area (Å²) in [5.74, 6) is 0.402. The van der Waals surface area contributed by atoms with Gasteiger partial charge in [0.2, 0.25) is 5.91 Å². The van der Waals surface area contributed by atoms with Crippen LogP contribution in [0.1, 0.15) is 48.9 Å². The number of rotatable bonds is 11. The smallest absolute Gasteiger partial charge is 0.261 e. The van der Waals surface area contributed by atoms with Gasteiger partial charge in [0.25, 0.3) is 5.91 Å². The molecule has 0 bridgehead atoms. The predicted octanol–water partition coefficient (Wildman–Crippen LogP) is 4.37. The van der Waals surface area contributed by atoms with Crippen LogP contribution in [0.3, 0.4) is 0 Å². The van der Waals surface area contributed by atoms with Crippen molar-refractivity contribution in [1.82, 2.24) is 10.2 Å². The molecule has 0 saturated heterocycles. The minimum atomic E-state index is -0.558. The summed E-state index contributed by atoms with van der Waals surface area (Å²) in [5, 5.41) is 2.94. The van der Waals surface area contributed by atoms with Gasteiger partial charge in [-0.1, -0.05) is 49.7 Å². The van der Waals surface area contributed by atoms with E-state index in [4.69, 9.17) is 4.74 Å². The molecule has 0 aromatic heterocycles. The van der Waals surface area contributed by atoms with Gasteiger partial charge < -0.3 is 15.0 Å². The zero-order valence-electron chi connectivity index (χ0n) is 19.5. The van der Waals surface area contributed by atoms with Crippen LogP contribution >= 0.6 is 0 Å². The molecule has 1 atom stereocenters. The number of hydrogen-bond donors (Lipinski definition) is 1. The highest BCUT2D eigenvalue weighted by atomic mass is 16.5. The molecule has 5 heteroatoms. The first-order chi connectivity index (χ1) is 14.8. The number of benzene rings is 2. The average molecular weight is 425 g/mol. The number of carbonyl (C=O) groups is 2. The molecule has 0 radical (unpaired) electrons. The first kappa shape index (κ1) is 24.4. The molecule has 2 aromatic rings. The third-order valence-electron chi connectivity index (χ3n) is 5.60. The van der Waals surface area contributed by atoms with Crippen LogP contribution in [0.15, 0.2) is 42.5 Å². The Morgan fingerprint density at radius 2 is 1.81 bits per heavy atom. The van der Waals surface area contributed by atoms with E-state index in [0.29, 0.717) is 25.3 Å². The minimum Gasteiger partial charge on any atom is -0.483 e. The minimum absolute atomic E-state index is 0.0922. The molecule has 5 nitrogen and oxygen atoms in total. The van der Waals surface area contributed by atoms with E-state index in [1.54, 1.807) is 11.8 Å². The van der Waals surface area contributed by atoms with Gasteiger partial charge in [-0.05, 0) is 68.9 Å². The second-order valence-corrected chi connectivity index (χ2v) is 8.14. The third kappa shape index (κ3) is 7.42. The number of ether oxygens (including phenoxy) is 1. The fourth-order valence-electron chi connectivity index (χ4n) is 3.48. The summed E-state index contributed by atoms with van der Waals surface area (Å²) in [6, 6.07) is 13.5. The fourth-order valence-corrected chi connectivity index (χ4v) is 3.48. The van der Waals surface area contributed by atoms with Crippen molar-refractivity contribution >= 4 is 11.8 Å². The molecule has 31 heavy (non-hydrogen) atoms. The SMILES string of the molecule is CCCCNC(=O)[C@H](C)N(CCc1ccccc1)C(=O)COc1cc(C)cc(C)c1C. The quantitative estimate of drug-likeness (QED) is 0.545. The lowest BCUT2D eigenvalue weighted by molar-refractivity contribution is -0.141. The van der Waals surface area contributed by atoms with E-state index < -0.39 is 6.04 Å². The number of carbonyl (C=O) groups excluding carboxylic acids is 2. The lowest BCUT2D eigenvalue weighted by atomic mass is 10.1. The molecule has 2 rings (SSSR count). The molecular weight excluding hydrogens is 388 g/mol. The average Bonchev–Trinajstić information content (AvgIpc) is 2.76. The summed E-state index contributed by atoms with van der Waals surface area (Å²) in [6.45, 7) is 10.9. The van der Waals surface area contributed by atoms with Gasteiger partial charge >= 0.3 is 0 Å². The summed E-state index contributed by atoms with van der Waals surface area (Å²) in [7, 11) is 0. The van der Waals surface area contributed by atoms with E-state index >= 15 is 0 Å². The van der Waals surface area contributed by atoms with E-state index in [1.165, 1.54) is 0 Å². The molecule has 0 spiro atoms. The van der Waals surface area contributed by atoms with Gasteiger partial charge in [-0.3, -0.25) is 9.59 Å². The van der Waals surface area contributed by atoms with Crippen molar-refractivity contribution in [3.05, 3.63) is 64.7 Å². The summed E-state index contributed by atoms with van der Waals surface area (Å²) in [4.78, 5) is 27.4. The molecular formula is C26H36N2O3. The second-order valence-electron chi connectivity index (χ2n) is 8.14. The van der Waals surface area contributed by atoms with Crippen LogP contribution < -0.4 is 10.1 Å². The summed E-state index contributed by atoms with van der Waals surface area (Å²) < 4.78 is 5.90. The highest BCUT2D eigenvalue weighted by Crippen LogP contribution is 2.23. The van der Waals surface area contributed by atoms with E-state index in [-0.39, 0.29) is 18.4 Å². The van der Waals surface area contributed by atoms with E-state index in [2.05, 4.69) is 18.3 Å². The fraction of sp³-hybridized carbons (Fsp3) is 0.462. The van der Waals surface area contributed by atoms with Crippen molar-refractivity contribution < 1.29 is 14.3 Å². The topological polar surface area (TPSA) is 58.6 Å². The van der Waals surface area contributed by atoms with Gasteiger partial charge in [-0.25, -0.2) is 0 Å². The van der Waals surface area contributed by atoms with Crippen molar-refractivity contribution in [2.24, 2.45) is 0 Å². The van der Waals surface area contributed by atoms with Crippen molar-refractivity contribution in [1.29, 1.82) is 0 Å². The number of hydrogen-bond acceptors (Lipinski definition) is 3. The van der Waals surface area contributed by atoms with Crippen LogP contribution in [0.25, 0.3) is 0 Å². The van der Waals surface area contributed by atoms with Gasteiger partial charge in [0.15, 0.2) is 6.61 Å². The van der Waals surface area contributed by atoms with Crippen molar-refractivity contribution in [3.8, 4) is 5.75 Å². The van der Waals surface area contributed by atoms with Crippen molar-refractivity contribution in [2.45, 2.75) is 59.9 Å². The van der Waals surface area contributed by atoms with Crippen LogP contribution in [0.2, 0.25) is 0 Å². The van der Waals surface area contributed by atoms with Crippen molar-refractivity contribution in [2.75, 3.05) is 19.7 Å². The van der Waals surface area contributed by atoms with Gasteiger partial charge in [0.1, 0.15) is 11.8 Å². The molecule has 0 aliphatic carbocycles. The van der Waals surface area contributed by atoms with Gasteiger partial charge in [-0.15, -0.1) is 0 Å². The normalized spacial score (nSPS) is 11.6. The number of nitrogens with zero attached hydrogens (tertiary/aromatic N) is 1. The maximum Gasteiger partial charge on any atom is 0.261 e. The largest absolute Gasteiger partial charge is 0.483 e. The van der Waals surface area contributed by atoms with Crippen molar-refractivity contribution in [3.63, 3.8) is 0 Å². The lowest BCUT2D eigenvalue weighted by Gasteiger charge is -2.29. The van der Waals surface area contributed by atoms with Crippen LogP contribution in [-0.2, 0) is 16.0 Å².